The van der Waals surface area contributed by atoms with E-state index in [4.69, 9.17) is 83.2 Å². The van der Waals surface area contributed by atoms with E-state index in [1.165, 1.54) is 47.1 Å². The molecule has 2 amide bonds. The van der Waals surface area contributed by atoms with Gasteiger partial charge in [0.15, 0.2) is 70.7 Å². The van der Waals surface area contributed by atoms with Crippen LogP contribution >= 0.6 is 126 Å². The summed E-state index contributed by atoms with van der Waals surface area (Å²) in [5.41, 5.74) is 14.1. The van der Waals surface area contributed by atoms with Crippen molar-refractivity contribution < 1.29 is 38.6 Å². The molecule has 4 N–H and O–H groups in total. The van der Waals surface area contributed by atoms with Crippen LogP contribution in [0.15, 0.2) is 147 Å². The van der Waals surface area contributed by atoms with Crippen molar-refractivity contribution >= 4 is 211 Å². The Kier molecular flexibility index (Phi) is 37.0. The van der Waals surface area contributed by atoms with E-state index in [1.54, 1.807) is 82.5 Å². The first-order valence-electron chi connectivity index (χ1n) is 37.7. The molecule has 0 bridgehead atoms. The first kappa shape index (κ1) is 97.5. The van der Waals surface area contributed by atoms with E-state index in [-0.39, 0.29) is 38.6 Å². The topological polar surface area (TPSA) is 307 Å². The highest BCUT2D eigenvalue weighted by Gasteiger charge is 2.48. The van der Waals surface area contributed by atoms with E-state index in [0.29, 0.717) is 99.7 Å². The van der Waals surface area contributed by atoms with Gasteiger partial charge in [-0.15, -0.1) is 0 Å². The van der Waals surface area contributed by atoms with Crippen LogP contribution in [0.2, 0.25) is 58.3 Å². The number of rotatable bonds is 23. The molecule has 0 aliphatic heterocycles. The molecule has 1 atom stereocenters. The fourth-order valence-electron chi connectivity index (χ4n) is 14.2. The molecule has 12 aromatic heterocycles. The van der Waals surface area contributed by atoms with Crippen molar-refractivity contribution in [3.63, 3.8) is 0 Å². The molecule has 0 fully saturated rings. The molecule has 12 aromatic rings. The fourth-order valence-corrected chi connectivity index (χ4v) is 32.8. The molecular weight excluding hydrogens is 1830 g/mol. The first-order valence-corrected chi connectivity index (χ1v) is 48.3. The summed E-state index contributed by atoms with van der Waals surface area (Å²) in [6, 6.07) is 23.0. The number of amides is 2. The molecule has 118 heavy (non-hydrogen) atoms. The molecule has 12 rings (SSSR count). The maximum absolute atomic E-state index is 13.3. The molecule has 1 unspecified atom stereocenters. The first-order chi connectivity index (χ1) is 55.8. The predicted octanol–water partition coefficient (Wildman–Crippen LogP) is 23.6. The van der Waals surface area contributed by atoms with E-state index in [0.717, 1.165) is 61.5 Å². The molecule has 0 aliphatic rings. The van der Waals surface area contributed by atoms with Crippen LogP contribution in [0.25, 0.3) is 22.1 Å². The second kappa shape index (κ2) is 44.8. The Morgan fingerprint density at radius 3 is 1.26 bits per heavy atom. The number of ether oxygens (including phenoxy) is 2. The lowest BCUT2D eigenvalue weighted by Crippen LogP contribution is -2.51. The van der Waals surface area contributed by atoms with Gasteiger partial charge in [-0.2, -0.15) is 0 Å². The van der Waals surface area contributed by atoms with Crippen LogP contribution in [0.4, 0.5) is 25.0 Å². The van der Waals surface area contributed by atoms with Gasteiger partial charge in [-0.1, -0.05) is 186 Å². The van der Waals surface area contributed by atoms with Gasteiger partial charge in [0.2, 0.25) is 0 Å². The van der Waals surface area contributed by atoms with Gasteiger partial charge < -0.3 is 34.1 Å². The number of hydrogen-bond donors (Lipinski definition) is 3. The van der Waals surface area contributed by atoms with E-state index < -0.39 is 46.0 Å². The Bertz CT molecular complexity index is 5180. The SMILES string of the molecule is CC(C)(C)OC(=O)N(Cc1ccncc1)c1nc(Cl)c(C=O)s1.CC(C)[Si](C(C)C)(C(C)C)n1cc(C(O)c2sc(N(Cc3ccncc3)C(=O)OC(C)(C)C)nc2Cl)c2cccnc21.CC(C)[Si](C(C)C)(C(C)C)n1cc(I)c2cccnc21.NCc1ccncc1.O=Cc1sc(Cl)nc1Cl.O=Cc1sc(NCc2ccncc2)nc1Cl. The molecule has 0 spiro atoms. The predicted molar refractivity (Wildman–Crippen MR) is 496 cm³/mol. The van der Waals surface area contributed by atoms with Gasteiger partial charge in [-0.3, -0.25) is 34.3 Å². The highest BCUT2D eigenvalue weighted by atomic mass is 127. The van der Waals surface area contributed by atoms with E-state index in [1.807, 2.05) is 87.8 Å². The number of hydrogen-bond acceptors (Lipinski definition) is 24. The summed E-state index contributed by atoms with van der Waals surface area (Å²) in [7, 11) is -3.88. The zero-order valence-electron chi connectivity index (χ0n) is 69.0. The van der Waals surface area contributed by atoms with Crippen molar-refractivity contribution in [3.8, 4) is 0 Å². The fraction of sp³-hybridized carbons (Fsp3) is 0.378. The molecular formula is C82H100Cl5IN16O8S4Si2. The van der Waals surface area contributed by atoms with Crippen LogP contribution < -0.4 is 20.9 Å². The number of halogens is 6. The van der Waals surface area contributed by atoms with Gasteiger partial charge >= 0.3 is 12.2 Å². The smallest absolute Gasteiger partial charge is 0.416 e. The van der Waals surface area contributed by atoms with Crippen molar-refractivity contribution in [1.29, 1.82) is 0 Å². The molecule has 0 saturated heterocycles. The molecule has 0 aromatic carbocycles. The van der Waals surface area contributed by atoms with Crippen LogP contribution in [-0.4, -0.2) is 122 Å². The van der Waals surface area contributed by atoms with Crippen molar-refractivity contribution in [2.45, 2.75) is 201 Å². The average Bonchev–Trinajstić information content (AvgIpc) is 1.56. The van der Waals surface area contributed by atoms with Crippen LogP contribution in [0.1, 0.15) is 192 Å². The summed E-state index contributed by atoms with van der Waals surface area (Å²) < 4.78 is 17.7. The molecule has 0 radical (unpaired) electrons. The van der Waals surface area contributed by atoms with Crippen molar-refractivity contribution in [3.05, 3.63) is 223 Å². The molecule has 0 saturated carbocycles. The molecule has 0 aliphatic carbocycles. The molecule has 36 heteroatoms. The molecule has 630 valence electrons. The second-order valence-corrected chi connectivity index (χ2v) is 49.4. The number of nitrogens with one attached hydrogen (secondary N) is 1. The summed E-state index contributed by atoms with van der Waals surface area (Å²) in [6.45, 7) is 40.7. The lowest BCUT2D eigenvalue weighted by atomic mass is 10.1. The number of fused-ring (bicyclic) bond motifs is 2. The number of nitrogens with zero attached hydrogens (tertiary/aromatic N) is 14. The third-order valence-corrected chi connectivity index (χ3v) is 38.9. The number of aldehydes is 3. The lowest BCUT2D eigenvalue weighted by Gasteiger charge is -2.44. The number of anilines is 3. The lowest BCUT2D eigenvalue weighted by molar-refractivity contribution is 0.0566. The molecule has 12 heterocycles. The van der Waals surface area contributed by atoms with Gasteiger partial charge in [0.1, 0.15) is 48.4 Å². The normalized spacial score (nSPS) is 11.9. The maximum atomic E-state index is 13.3. The van der Waals surface area contributed by atoms with Crippen LogP contribution in [0.3, 0.4) is 0 Å². The summed E-state index contributed by atoms with van der Waals surface area (Å²) in [6.07, 6.45) is 21.5. The zero-order valence-corrected chi connectivity index (χ0v) is 80.2. The summed E-state index contributed by atoms with van der Waals surface area (Å²) >= 11 is 36.2. The average molecular weight is 1930 g/mol. The highest BCUT2D eigenvalue weighted by Crippen LogP contribution is 2.48. The van der Waals surface area contributed by atoms with Crippen LogP contribution in [-0.2, 0) is 35.7 Å². The Morgan fingerprint density at radius 2 is 0.881 bits per heavy atom. The number of thiazole rings is 4. The number of nitrogens with two attached hydrogens (primary N) is 1. The van der Waals surface area contributed by atoms with Crippen molar-refractivity contribution in [1.82, 2.24) is 58.3 Å². The Morgan fingerprint density at radius 1 is 0.508 bits per heavy atom. The summed E-state index contributed by atoms with van der Waals surface area (Å²) in [5, 5.41) is 19.1. The standard InChI is InChI=1S/C31H42ClN5O3SSi.C16H25IN2Si.C15H16ClN3O3S.C10H8ClN3OS.C6H8N2.C4HCl2NOS/c1-19(2)42(20(3)4,21(5)6)37-18-24(23-11-10-14-34-28(23)37)25(38)26-27(32)35-29(41-26)36(30(39)40-31(7,8)9)17-22-12-15-33-16-13-22;1-11(2)20(12(3)4,13(5)6)19-10-15(17)14-8-7-9-18-16(14)19;1-15(2,3)22-14(21)19(8-10-4-6-17-7-5-10)13-18-12(16)11(9-20)23-13;11-9-8(6-15)16-10(14-9)13-5-7-1-3-12-4-2-7;7-5-6-1-3-8-4-2-6;5-3-2(1-8)9-4(6)7-3/h10-16,18-21,25,38H,17H2,1-9H3;7-13H,1-6H3;4-7,9H,8H2,1-3H3;1-4,6H,5H2,(H,13,14);1-4H,5,7H2;1H. The number of carbonyl (C=O) groups excluding carboxylic acids is 5. The zero-order chi connectivity index (χ0) is 87.1. The minimum atomic E-state index is -2.18. The second-order valence-electron chi connectivity index (χ2n) is 30.7. The largest absolute Gasteiger partial charge is 0.443 e. The van der Waals surface area contributed by atoms with Gasteiger partial charge in [0.25, 0.3) is 0 Å². The Labute approximate surface area is 746 Å². The monoisotopic (exact) mass is 1920 g/mol. The summed E-state index contributed by atoms with van der Waals surface area (Å²) in [5.74, 6) is 0. The quantitative estimate of drug-likeness (QED) is 0.0304. The van der Waals surface area contributed by atoms with Crippen LogP contribution in [0, 0.1) is 3.57 Å². The molecule has 24 nitrogen and oxygen atoms in total. The summed E-state index contributed by atoms with van der Waals surface area (Å²) in [4.78, 5) is 103. The van der Waals surface area contributed by atoms with Gasteiger partial charge in [0, 0.05) is 107 Å². The van der Waals surface area contributed by atoms with E-state index in [9.17, 15) is 29.1 Å². The third-order valence-electron chi connectivity index (χ3n) is 18.8. The number of aromatic nitrogens is 12. The maximum Gasteiger partial charge on any atom is 0.416 e. The van der Waals surface area contributed by atoms with E-state index >= 15 is 0 Å². The number of aliphatic hydroxyl groups is 1. The minimum absolute atomic E-state index is 0.0725. The Hall–Kier alpha value is -7.62. The van der Waals surface area contributed by atoms with Crippen molar-refractivity contribution in [2.75, 3.05) is 15.1 Å². The van der Waals surface area contributed by atoms with E-state index in [2.05, 4.69) is 178 Å². The van der Waals surface area contributed by atoms with Crippen molar-refractivity contribution in [2.24, 2.45) is 5.73 Å². The van der Waals surface area contributed by atoms with Gasteiger partial charge in [-0.05, 0) is 192 Å². The number of carbonyl (C=O) groups is 5. The minimum Gasteiger partial charge on any atom is -0.443 e. The third kappa shape index (κ3) is 25.5. The van der Waals surface area contributed by atoms with Gasteiger partial charge in [-0.25, -0.2) is 49.3 Å². The number of aliphatic hydroxyl groups excluding tert-OH is 1. The van der Waals surface area contributed by atoms with Gasteiger partial charge in [0.05, 0.1) is 18.0 Å². The highest BCUT2D eigenvalue weighted by molar-refractivity contribution is 14.1. The van der Waals surface area contributed by atoms with Crippen LogP contribution in [0.5, 0.6) is 0 Å². The Balaban J connectivity index is 0.000000214. The number of pyridine rings is 6.